The molecule has 58 valence electrons. The molecule has 1 aliphatic heterocycles. The normalized spacial score (nSPS) is 41.7. The van der Waals surface area contributed by atoms with Crippen LogP contribution in [0.2, 0.25) is 0 Å². The third kappa shape index (κ3) is 1.19. The molecule has 1 nitrogen and oxygen atoms in total. The van der Waals surface area contributed by atoms with Crippen LogP contribution in [-0.2, 0) is 0 Å². The highest BCUT2D eigenvalue weighted by molar-refractivity contribution is 8.00. The second-order valence-corrected chi connectivity index (χ2v) is 5.06. The summed E-state index contributed by atoms with van der Waals surface area (Å²) in [5, 5.41) is 3.62. The molecule has 1 heterocycles. The molecule has 2 aliphatic rings. The molecule has 0 amide bonds. The maximum Gasteiger partial charge on any atom is 0.0645 e. The van der Waals surface area contributed by atoms with Crippen LogP contribution < -0.4 is 5.32 Å². The van der Waals surface area contributed by atoms with Gasteiger partial charge in [-0.2, -0.15) is 0 Å². The van der Waals surface area contributed by atoms with Crippen molar-refractivity contribution in [2.45, 2.75) is 31.1 Å². The van der Waals surface area contributed by atoms with Crippen LogP contribution in [0.25, 0.3) is 0 Å². The highest BCUT2D eigenvalue weighted by Crippen LogP contribution is 2.46. The fraction of sp³-hybridized carbons (Fsp3) is 1.00. The van der Waals surface area contributed by atoms with Crippen molar-refractivity contribution in [3.63, 3.8) is 0 Å². The summed E-state index contributed by atoms with van der Waals surface area (Å²) in [5.74, 6) is 2.35. The van der Waals surface area contributed by atoms with E-state index >= 15 is 0 Å². The largest absolute Gasteiger partial charge is 0.303 e. The first-order valence-electron chi connectivity index (χ1n) is 4.20. The second kappa shape index (κ2) is 2.42. The molecule has 2 fully saturated rings. The van der Waals surface area contributed by atoms with E-state index in [2.05, 4.69) is 24.0 Å². The lowest BCUT2D eigenvalue weighted by molar-refractivity contribution is 0.438. The molecule has 0 aromatic heterocycles. The SMILES string of the molecule is CC1(C2CC2)NCCCS1. The molecular formula is C8H15NS. The molecule has 0 bridgehead atoms. The molecule has 1 unspecified atom stereocenters. The van der Waals surface area contributed by atoms with Crippen LogP contribution in [0.1, 0.15) is 26.2 Å². The van der Waals surface area contributed by atoms with Crippen LogP contribution in [0.3, 0.4) is 0 Å². The quantitative estimate of drug-likeness (QED) is 0.623. The first kappa shape index (κ1) is 6.99. The molecular weight excluding hydrogens is 142 g/mol. The third-order valence-corrected chi connectivity index (χ3v) is 4.13. The summed E-state index contributed by atoms with van der Waals surface area (Å²) in [7, 11) is 0. The zero-order valence-corrected chi connectivity index (χ0v) is 7.34. The minimum absolute atomic E-state index is 0.457. The van der Waals surface area contributed by atoms with Gasteiger partial charge in [0, 0.05) is 0 Å². The monoisotopic (exact) mass is 157 g/mol. The average Bonchev–Trinajstić information content (AvgIpc) is 2.69. The Morgan fingerprint density at radius 1 is 1.50 bits per heavy atom. The first-order valence-corrected chi connectivity index (χ1v) is 5.19. The van der Waals surface area contributed by atoms with Gasteiger partial charge < -0.3 is 5.32 Å². The van der Waals surface area contributed by atoms with Crippen LogP contribution in [0.5, 0.6) is 0 Å². The molecule has 10 heavy (non-hydrogen) atoms. The van der Waals surface area contributed by atoms with Gasteiger partial charge in [0.1, 0.15) is 0 Å². The highest BCUT2D eigenvalue weighted by atomic mass is 32.2. The molecule has 0 spiro atoms. The van der Waals surface area contributed by atoms with Gasteiger partial charge in [-0.15, -0.1) is 11.8 Å². The molecule has 2 rings (SSSR count). The van der Waals surface area contributed by atoms with Crippen molar-refractivity contribution in [1.29, 1.82) is 0 Å². The molecule has 1 atom stereocenters. The van der Waals surface area contributed by atoms with Gasteiger partial charge in [0.2, 0.25) is 0 Å². The van der Waals surface area contributed by atoms with E-state index in [4.69, 9.17) is 0 Å². The fourth-order valence-corrected chi connectivity index (χ4v) is 3.03. The summed E-state index contributed by atoms with van der Waals surface area (Å²) in [5.41, 5.74) is 0. The summed E-state index contributed by atoms with van der Waals surface area (Å²) in [6.45, 7) is 3.61. The Balaban J connectivity index is 1.97. The van der Waals surface area contributed by atoms with E-state index in [1.807, 2.05) is 0 Å². The summed E-state index contributed by atoms with van der Waals surface area (Å²) in [6, 6.07) is 0. The molecule has 0 radical (unpaired) electrons. The van der Waals surface area contributed by atoms with Crippen LogP contribution in [0.4, 0.5) is 0 Å². The summed E-state index contributed by atoms with van der Waals surface area (Å²) < 4.78 is 0. The van der Waals surface area contributed by atoms with E-state index in [9.17, 15) is 0 Å². The Labute approximate surface area is 67.0 Å². The van der Waals surface area contributed by atoms with Crippen LogP contribution in [0, 0.1) is 5.92 Å². The van der Waals surface area contributed by atoms with E-state index in [-0.39, 0.29) is 0 Å². The average molecular weight is 157 g/mol. The van der Waals surface area contributed by atoms with E-state index in [0.717, 1.165) is 5.92 Å². The molecule has 1 saturated heterocycles. The summed E-state index contributed by atoms with van der Waals surface area (Å²) in [6.07, 6.45) is 4.26. The second-order valence-electron chi connectivity index (χ2n) is 3.51. The van der Waals surface area contributed by atoms with Crippen molar-refractivity contribution < 1.29 is 0 Å². The van der Waals surface area contributed by atoms with Gasteiger partial charge in [-0.05, 0) is 44.4 Å². The summed E-state index contributed by atoms with van der Waals surface area (Å²) in [4.78, 5) is 0.457. The van der Waals surface area contributed by atoms with Gasteiger partial charge in [0.05, 0.1) is 4.87 Å². The van der Waals surface area contributed by atoms with E-state index in [1.165, 1.54) is 31.6 Å². The Morgan fingerprint density at radius 2 is 2.30 bits per heavy atom. The first-order chi connectivity index (χ1) is 4.81. The van der Waals surface area contributed by atoms with Crippen molar-refractivity contribution in [2.75, 3.05) is 12.3 Å². The summed E-state index contributed by atoms with van der Waals surface area (Å²) >= 11 is 2.12. The van der Waals surface area contributed by atoms with E-state index in [1.54, 1.807) is 0 Å². The molecule has 1 aliphatic carbocycles. The Morgan fingerprint density at radius 3 is 2.80 bits per heavy atom. The number of hydrogen-bond donors (Lipinski definition) is 1. The molecule has 0 aromatic rings. The van der Waals surface area contributed by atoms with Crippen LogP contribution in [0.15, 0.2) is 0 Å². The lowest BCUT2D eigenvalue weighted by Crippen LogP contribution is -2.45. The van der Waals surface area contributed by atoms with Crippen molar-refractivity contribution >= 4 is 11.8 Å². The van der Waals surface area contributed by atoms with Gasteiger partial charge in [-0.3, -0.25) is 0 Å². The standard InChI is InChI=1S/C8H15NS/c1-8(7-3-4-7)9-5-2-6-10-8/h7,9H,2-6H2,1H3. The maximum absolute atomic E-state index is 3.62. The topological polar surface area (TPSA) is 12.0 Å². The third-order valence-electron chi connectivity index (χ3n) is 2.56. The van der Waals surface area contributed by atoms with Crippen LogP contribution in [-0.4, -0.2) is 17.2 Å². The zero-order chi connectivity index (χ0) is 7.03. The van der Waals surface area contributed by atoms with E-state index in [0.29, 0.717) is 4.87 Å². The minimum Gasteiger partial charge on any atom is -0.303 e. The van der Waals surface area contributed by atoms with Crippen molar-refractivity contribution in [3.05, 3.63) is 0 Å². The van der Waals surface area contributed by atoms with E-state index < -0.39 is 0 Å². The lowest BCUT2D eigenvalue weighted by atomic mass is 10.2. The Hall–Kier alpha value is 0.310. The predicted octanol–water partition coefficient (Wildman–Crippen LogP) is 1.84. The van der Waals surface area contributed by atoms with Gasteiger partial charge in [0.25, 0.3) is 0 Å². The zero-order valence-electron chi connectivity index (χ0n) is 6.52. The number of nitrogens with one attached hydrogen (secondary N) is 1. The number of thioether (sulfide) groups is 1. The van der Waals surface area contributed by atoms with Crippen molar-refractivity contribution in [2.24, 2.45) is 5.92 Å². The highest BCUT2D eigenvalue weighted by Gasteiger charge is 2.42. The minimum atomic E-state index is 0.457. The molecule has 0 aromatic carbocycles. The molecule has 2 heteroatoms. The van der Waals surface area contributed by atoms with Gasteiger partial charge in [0.15, 0.2) is 0 Å². The fourth-order valence-electron chi connectivity index (χ4n) is 1.64. The number of rotatable bonds is 1. The van der Waals surface area contributed by atoms with Gasteiger partial charge in [-0.1, -0.05) is 0 Å². The van der Waals surface area contributed by atoms with Crippen molar-refractivity contribution in [1.82, 2.24) is 5.32 Å². The Kier molecular flexibility index (Phi) is 1.69. The molecule has 1 saturated carbocycles. The molecule has 1 N–H and O–H groups in total. The maximum atomic E-state index is 3.62. The number of hydrogen-bond acceptors (Lipinski definition) is 2. The van der Waals surface area contributed by atoms with Crippen molar-refractivity contribution in [3.8, 4) is 0 Å². The van der Waals surface area contributed by atoms with Gasteiger partial charge >= 0.3 is 0 Å². The van der Waals surface area contributed by atoms with Gasteiger partial charge in [-0.25, -0.2) is 0 Å². The smallest absolute Gasteiger partial charge is 0.0645 e. The Bertz CT molecular complexity index is 125. The van der Waals surface area contributed by atoms with Crippen LogP contribution >= 0.6 is 11.8 Å². The predicted molar refractivity (Wildman–Crippen MR) is 46.2 cm³/mol. The lowest BCUT2D eigenvalue weighted by Gasteiger charge is -2.34.